The molecule has 174 valence electrons. The second kappa shape index (κ2) is 11.8. The predicted molar refractivity (Wildman–Crippen MR) is 123 cm³/mol. The molecule has 1 aromatic carbocycles. The molecule has 0 aromatic heterocycles. The van der Waals surface area contributed by atoms with E-state index >= 15 is 0 Å². The minimum Gasteiger partial charge on any atom is -0.508 e. The molecule has 31 heavy (non-hydrogen) atoms. The van der Waals surface area contributed by atoms with Crippen molar-refractivity contribution in [2.24, 2.45) is 0 Å². The van der Waals surface area contributed by atoms with Crippen molar-refractivity contribution >= 4 is 29.7 Å². The molecule has 0 radical (unpaired) electrons. The van der Waals surface area contributed by atoms with Gasteiger partial charge in [-0.25, -0.2) is 4.79 Å². The van der Waals surface area contributed by atoms with Crippen molar-refractivity contribution in [3.05, 3.63) is 29.8 Å². The van der Waals surface area contributed by atoms with Crippen molar-refractivity contribution in [3.8, 4) is 5.75 Å². The number of likely N-dealkylation sites (N-methyl/N-ethyl adjacent to an activating group) is 1. The highest BCUT2D eigenvalue weighted by molar-refractivity contribution is 7.98. The number of aromatic hydroxyl groups is 1. The number of nitrogens with zero attached hydrogens (tertiary/aromatic N) is 1. The van der Waals surface area contributed by atoms with Crippen molar-refractivity contribution in [2.45, 2.75) is 64.8 Å². The maximum absolute atomic E-state index is 13.4. The van der Waals surface area contributed by atoms with Crippen LogP contribution in [0.3, 0.4) is 0 Å². The zero-order valence-corrected chi connectivity index (χ0v) is 20.2. The summed E-state index contributed by atoms with van der Waals surface area (Å²) in [7, 11) is 1.49. The second-order valence-electron chi connectivity index (χ2n) is 8.55. The number of benzene rings is 1. The van der Waals surface area contributed by atoms with Crippen LogP contribution in [-0.2, 0) is 14.3 Å². The highest BCUT2D eigenvalue weighted by atomic mass is 32.2. The number of hydrogen-bond acceptors (Lipinski definition) is 6. The molecule has 9 heteroatoms. The number of thioether (sulfide) groups is 1. The van der Waals surface area contributed by atoms with Gasteiger partial charge in [-0.2, -0.15) is 11.8 Å². The van der Waals surface area contributed by atoms with Gasteiger partial charge in [0.05, 0.1) is 0 Å². The Kier molecular flexibility index (Phi) is 10.2. The topological polar surface area (TPSA) is 108 Å². The van der Waals surface area contributed by atoms with Gasteiger partial charge in [0.2, 0.25) is 11.8 Å². The average molecular weight is 454 g/mol. The van der Waals surface area contributed by atoms with Crippen LogP contribution in [-0.4, -0.2) is 64.7 Å². The van der Waals surface area contributed by atoms with Crippen LogP contribution in [0.15, 0.2) is 24.3 Å². The van der Waals surface area contributed by atoms with Crippen LogP contribution in [0.25, 0.3) is 0 Å². The maximum atomic E-state index is 13.4. The van der Waals surface area contributed by atoms with Crippen molar-refractivity contribution in [1.82, 2.24) is 15.5 Å². The largest absolute Gasteiger partial charge is 0.508 e. The number of carbonyl (C=O) groups is 3. The third-order valence-corrected chi connectivity index (χ3v) is 4.89. The van der Waals surface area contributed by atoms with E-state index in [0.29, 0.717) is 17.7 Å². The Balaban J connectivity index is 3.21. The molecule has 0 spiro atoms. The van der Waals surface area contributed by atoms with Crippen molar-refractivity contribution < 1.29 is 24.2 Å². The van der Waals surface area contributed by atoms with E-state index in [-0.39, 0.29) is 11.8 Å². The molecule has 8 nitrogen and oxygen atoms in total. The van der Waals surface area contributed by atoms with Gasteiger partial charge in [0.15, 0.2) is 0 Å². The van der Waals surface area contributed by atoms with E-state index in [0.717, 1.165) is 0 Å². The molecule has 0 bridgehead atoms. The summed E-state index contributed by atoms with van der Waals surface area (Å²) in [4.78, 5) is 39.9. The monoisotopic (exact) mass is 453 g/mol. The second-order valence-corrected chi connectivity index (χ2v) is 9.54. The quantitative estimate of drug-likeness (QED) is 0.530. The van der Waals surface area contributed by atoms with E-state index in [2.05, 4.69) is 10.6 Å². The number of rotatable bonds is 9. The smallest absolute Gasteiger partial charge is 0.408 e. The molecule has 0 saturated heterocycles. The van der Waals surface area contributed by atoms with Gasteiger partial charge in [0.25, 0.3) is 0 Å². The number of phenols is 1. The summed E-state index contributed by atoms with van der Waals surface area (Å²) in [6, 6.07) is 4.30. The third-order valence-electron chi connectivity index (χ3n) is 4.25. The molecule has 1 rings (SSSR count). The molecule has 2 atom stereocenters. The number of hydrogen-bond donors (Lipinski definition) is 3. The molecule has 0 aliphatic rings. The Labute approximate surface area is 189 Å². The lowest BCUT2D eigenvalue weighted by molar-refractivity contribution is -0.141. The predicted octanol–water partition coefficient (Wildman–Crippen LogP) is 3.06. The SMILES string of the molecule is CSCCC(NC(=O)OC(C)(C)C)C(=O)N(C)C(C(=O)NC(C)C)c1ccccc1O. The molecule has 3 N–H and O–H groups in total. The zero-order valence-electron chi connectivity index (χ0n) is 19.4. The minimum absolute atomic E-state index is 0.0909. The lowest BCUT2D eigenvalue weighted by Crippen LogP contribution is -2.52. The molecule has 0 heterocycles. The normalized spacial score (nSPS) is 13.3. The average Bonchev–Trinajstić information content (AvgIpc) is 2.64. The summed E-state index contributed by atoms with van der Waals surface area (Å²) >= 11 is 1.54. The zero-order chi connectivity index (χ0) is 23.8. The summed E-state index contributed by atoms with van der Waals surface area (Å²) in [6.45, 7) is 8.84. The molecular formula is C22H35N3O5S. The summed E-state index contributed by atoms with van der Waals surface area (Å²) < 4.78 is 5.30. The van der Waals surface area contributed by atoms with E-state index in [4.69, 9.17) is 4.74 Å². The van der Waals surface area contributed by atoms with Gasteiger partial charge in [-0.1, -0.05) is 18.2 Å². The first-order valence-corrected chi connectivity index (χ1v) is 11.6. The van der Waals surface area contributed by atoms with E-state index in [1.54, 1.807) is 39.0 Å². The van der Waals surface area contributed by atoms with Gasteiger partial charge >= 0.3 is 6.09 Å². The standard InChI is InChI=1S/C22H35N3O5S/c1-14(2)23-19(27)18(15-10-8-9-11-17(15)26)25(6)20(28)16(12-13-31-7)24-21(29)30-22(3,4)5/h8-11,14,16,18,26H,12-13H2,1-7H3,(H,23,27)(H,24,29). The van der Waals surface area contributed by atoms with Gasteiger partial charge in [-0.05, 0) is 59.1 Å². The van der Waals surface area contributed by atoms with E-state index in [1.807, 2.05) is 20.1 Å². The Bertz CT molecular complexity index is 764. The number of para-hydroxylation sites is 1. The summed E-state index contributed by atoms with van der Waals surface area (Å²) in [5.41, 5.74) is -0.407. The highest BCUT2D eigenvalue weighted by Gasteiger charge is 2.35. The van der Waals surface area contributed by atoms with Gasteiger partial charge < -0.3 is 25.4 Å². The molecular weight excluding hydrogens is 418 g/mol. The lowest BCUT2D eigenvalue weighted by atomic mass is 10.0. The Hall–Kier alpha value is -2.42. The number of alkyl carbamates (subject to hydrolysis) is 1. The van der Waals surface area contributed by atoms with Crippen molar-refractivity contribution in [1.29, 1.82) is 0 Å². The first-order chi connectivity index (χ1) is 14.4. The lowest BCUT2D eigenvalue weighted by Gasteiger charge is -2.32. The van der Waals surface area contributed by atoms with Gasteiger partial charge in [0.1, 0.15) is 23.4 Å². The Morgan fingerprint density at radius 2 is 1.77 bits per heavy atom. The van der Waals surface area contributed by atoms with E-state index < -0.39 is 35.6 Å². The fraction of sp³-hybridized carbons (Fsp3) is 0.591. The molecule has 0 saturated carbocycles. The molecule has 0 aliphatic heterocycles. The van der Waals surface area contributed by atoms with Crippen LogP contribution in [0.1, 0.15) is 52.6 Å². The van der Waals surface area contributed by atoms with E-state index in [1.165, 1.54) is 29.8 Å². The summed E-state index contributed by atoms with van der Waals surface area (Å²) in [5.74, 6) is -0.341. The first kappa shape index (κ1) is 26.6. The molecule has 0 fully saturated rings. The number of ether oxygens (including phenoxy) is 1. The molecule has 2 unspecified atom stereocenters. The first-order valence-electron chi connectivity index (χ1n) is 10.2. The Morgan fingerprint density at radius 3 is 2.29 bits per heavy atom. The number of amides is 3. The van der Waals surface area contributed by atoms with Gasteiger partial charge in [-0.3, -0.25) is 9.59 Å². The van der Waals surface area contributed by atoms with Crippen molar-refractivity contribution in [2.75, 3.05) is 19.1 Å². The van der Waals surface area contributed by atoms with Crippen LogP contribution in [0.2, 0.25) is 0 Å². The van der Waals surface area contributed by atoms with Crippen LogP contribution in [0.4, 0.5) is 4.79 Å². The van der Waals surface area contributed by atoms with Crippen LogP contribution in [0, 0.1) is 0 Å². The van der Waals surface area contributed by atoms with Crippen molar-refractivity contribution in [3.63, 3.8) is 0 Å². The van der Waals surface area contributed by atoms with Crippen LogP contribution >= 0.6 is 11.8 Å². The maximum Gasteiger partial charge on any atom is 0.408 e. The number of carbonyl (C=O) groups excluding carboxylic acids is 3. The van der Waals surface area contributed by atoms with Gasteiger partial charge in [-0.15, -0.1) is 0 Å². The van der Waals surface area contributed by atoms with E-state index in [9.17, 15) is 19.5 Å². The van der Waals surface area contributed by atoms with Crippen LogP contribution < -0.4 is 10.6 Å². The van der Waals surface area contributed by atoms with Crippen LogP contribution in [0.5, 0.6) is 5.75 Å². The minimum atomic E-state index is -1.06. The molecule has 3 amide bonds. The highest BCUT2D eigenvalue weighted by Crippen LogP contribution is 2.29. The third kappa shape index (κ3) is 8.69. The number of nitrogens with one attached hydrogen (secondary N) is 2. The Morgan fingerprint density at radius 1 is 1.16 bits per heavy atom. The number of phenolic OH excluding ortho intramolecular Hbond substituents is 1. The molecule has 1 aromatic rings. The van der Waals surface area contributed by atoms with Gasteiger partial charge in [0, 0.05) is 18.7 Å². The summed E-state index contributed by atoms with van der Waals surface area (Å²) in [6.07, 6.45) is 1.56. The fourth-order valence-corrected chi connectivity index (χ4v) is 3.40. The summed E-state index contributed by atoms with van der Waals surface area (Å²) in [5, 5.41) is 15.8. The molecule has 0 aliphatic carbocycles. The fourth-order valence-electron chi connectivity index (χ4n) is 2.92.